The molecule has 1 aromatic rings. The van der Waals surface area contributed by atoms with Crippen molar-refractivity contribution in [3.8, 4) is 0 Å². The molecule has 0 amide bonds. The van der Waals surface area contributed by atoms with Crippen LogP contribution in [0.25, 0.3) is 0 Å². The van der Waals surface area contributed by atoms with Gasteiger partial charge >= 0.3 is 0 Å². The van der Waals surface area contributed by atoms with Crippen LogP contribution in [0.1, 0.15) is 18.7 Å². The number of aromatic nitrogens is 1. The van der Waals surface area contributed by atoms with Crippen LogP contribution < -0.4 is 0 Å². The molecule has 0 fully saturated rings. The Labute approximate surface area is 64.5 Å². The lowest BCUT2D eigenvalue weighted by Crippen LogP contribution is -2.21. The first-order valence-electron chi connectivity index (χ1n) is 3.18. The molecule has 0 spiro atoms. The Kier molecular flexibility index (Phi) is 2.06. The highest BCUT2D eigenvalue weighted by molar-refractivity contribution is 7.09. The van der Waals surface area contributed by atoms with Crippen molar-refractivity contribution >= 4 is 11.3 Å². The standard InChI is InChI=1S/C7H11NOS/c1-7(2,9)3-6-4-8-5-10-6/h4-5,9H,3H2,1-2H3. The largest absolute Gasteiger partial charge is 0.390 e. The molecule has 0 aliphatic carbocycles. The van der Waals surface area contributed by atoms with E-state index in [9.17, 15) is 5.11 Å². The molecule has 0 aromatic carbocycles. The number of aliphatic hydroxyl groups is 1. The average molecular weight is 157 g/mol. The SMILES string of the molecule is CC(C)(O)Cc1cncs1. The topological polar surface area (TPSA) is 33.1 Å². The number of nitrogens with zero attached hydrogens (tertiary/aromatic N) is 1. The first-order valence-corrected chi connectivity index (χ1v) is 4.06. The first kappa shape index (κ1) is 7.69. The molecule has 10 heavy (non-hydrogen) atoms. The van der Waals surface area contributed by atoms with Crippen LogP contribution in [0.15, 0.2) is 11.7 Å². The fraction of sp³-hybridized carbons (Fsp3) is 0.571. The number of thiazole rings is 1. The molecule has 1 heterocycles. The van der Waals surface area contributed by atoms with Gasteiger partial charge in [0.05, 0.1) is 11.1 Å². The van der Waals surface area contributed by atoms with Crippen molar-refractivity contribution in [2.24, 2.45) is 0 Å². The van der Waals surface area contributed by atoms with Gasteiger partial charge in [-0.05, 0) is 13.8 Å². The predicted octanol–water partition coefficient (Wildman–Crippen LogP) is 1.46. The van der Waals surface area contributed by atoms with Crippen LogP contribution in [0.5, 0.6) is 0 Å². The summed E-state index contributed by atoms with van der Waals surface area (Å²) >= 11 is 1.58. The highest BCUT2D eigenvalue weighted by atomic mass is 32.1. The van der Waals surface area contributed by atoms with Gasteiger partial charge in [-0.1, -0.05) is 0 Å². The lowest BCUT2D eigenvalue weighted by Gasteiger charge is -2.14. The molecule has 0 aliphatic heterocycles. The summed E-state index contributed by atoms with van der Waals surface area (Å²) in [5.74, 6) is 0. The third-order valence-corrected chi connectivity index (χ3v) is 1.87. The minimum Gasteiger partial charge on any atom is -0.390 e. The lowest BCUT2D eigenvalue weighted by molar-refractivity contribution is 0.0818. The van der Waals surface area contributed by atoms with Crippen molar-refractivity contribution in [1.82, 2.24) is 4.98 Å². The minimum atomic E-state index is -0.605. The smallest absolute Gasteiger partial charge is 0.0794 e. The molecule has 0 radical (unpaired) electrons. The number of rotatable bonds is 2. The summed E-state index contributed by atoms with van der Waals surface area (Å²) in [6, 6.07) is 0. The lowest BCUT2D eigenvalue weighted by atomic mass is 10.1. The van der Waals surface area contributed by atoms with Crippen molar-refractivity contribution in [3.05, 3.63) is 16.6 Å². The summed E-state index contributed by atoms with van der Waals surface area (Å²) in [5, 5.41) is 9.37. The van der Waals surface area contributed by atoms with E-state index >= 15 is 0 Å². The summed E-state index contributed by atoms with van der Waals surface area (Å²) in [5.41, 5.74) is 1.17. The van der Waals surface area contributed by atoms with Crippen LogP contribution in [0.2, 0.25) is 0 Å². The van der Waals surface area contributed by atoms with Gasteiger partial charge in [-0.3, -0.25) is 4.98 Å². The maximum absolute atomic E-state index is 9.37. The van der Waals surface area contributed by atoms with Crippen molar-refractivity contribution in [3.63, 3.8) is 0 Å². The van der Waals surface area contributed by atoms with E-state index < -0.39 is 5.60 Å². The van der Waals surface area contributed by atoms with Crippen LogP contribution >= 0.6 is 11.3 Å². The van der Waals surface area contributed by atoms with Crippen LogP contribution in [-0.2, 0) is 6.42 Å². The van der Waals surface area contributed by atoms with Gasteiger partial charge in [0.1, 0.15) is 0 Å². The van der Waals surface area contributed by atoms with Gasteiger partial charge in [-0.15, -0.1) is 11.3 Å². The van der Waals surface area contributed by atoms with Crippen molar-refractivity contribution < 1.29 is 5.11 Å². The summed E-state index contributed by atoms with van der Waals surface area (Å²) < 4.78 is 0. The average Bonchev–Trinajstić information content (AvgIpc) is 2.12. The molecule has 0 saturated heterocycles. The van der Waals surface area contributed by atoms with E-state index in [0.29, 0.717) is 6.42 Å². The van der Waals surface area contributed by atoms with Gasteiger partial charge in [0.25, 0.3) is 0 Å². The van der Waals surface area contributed by atoms with E-state index in [2.05, 4.69) is 4.98 Å². The quantitative estimate of drug-likeness (QED) is 0.705. The van der Waals surface area contributed by atoms with Crippen LogP contribution in [-0.4, -0.2) is 15.7 Å². The van der Waals surface area contributed by atoms with Crippen molar-refractivity contribution in [1.29, 1.82) is 0 Å². The predicted molar refractivity (Wildman–Crippen MR) is 42.1 cm³/mol. The highest BCUT2D eigenvalue weighted by Gasteiger charge is 2.13. The normalized spacial score (nSPS) is 11.9. The van der Waals surface area contributed by atoms with E-state index in [1.54, 1.807) is 36.9 Å². The fourth-order valence-corrected chi connectivity index (χ4v) is 1.57. The molecule has 3 heteroatoms. The van der Waals surface area contributed by atoms with Crippen LogP contribution in [0.3, 0.4) is 0 Å². The summed E-state index contributed by atoms with van der Waals surface area (Å²) in [6.45, 7) is 3.60. The van der Waals surface area contributed by atoms with Crippen molar-refractivity contribution in [2.75, 3.05) is 0 Å². The second kappa shape index (κ2) is 2.68. The number of hydrogen-bond acceptors (Lipinski definition) is 3. The molecular weight excluding hydrogens is 146 g/mol. The fourth-order valence-electron chi connectivity index (χ4n) is 0.756. The van der Waals surface area contributed by atoms with E-state index in [0.717, 1.165) is 4.88 Å². The van der Waals surface area contributed by atoms with Gasteiger partial charge in [0.15, 0.2) is 0 Å². The molecule has 1 rings (SSSR count). The van der Waals surface area contributed by atoms with Crippen LogP contribution in [0, 0.1) is 0 Å². The van der Waals surface area contributed by atoms with E-state index in [1.165, 1.54) is 0 Å². The molecule has 56 valence electrons. The molecule has 0 unspecified atom stereocenters. The summed E-state index contributed by atoms with van der Waals surface area (Å²) in [6.07, 6.45) is 2.49. The Morgan fingerprint density at radius 3 is 2.80 bits per heavy atom. The van der Waals surface area contributed by atoms with Crippen LogP contribution in [0.4, 0.5) is 0 Å². The summed E-state index contributed by atoms with van der Waals surface area (Å²) in [7, 11) is 0. The van der Waals surface area contributed by atoms with Gasteiger partial charge < -0.3 is 5.11 Å². The Hall–Kier alpha value is -0.410. The highest BCUT2D eigenvalue weighted by Crippen LogP contribution is 2.14. The Morgan fingerprint density at radius 2 is 2.40 bits per heavy atom. The van der Waals surface area contributed by atoms with E-state index in [-0.39, 0.29) is 0 Å². The third kappa shape index (κ3) is 2.45. The molecule has 1 aromatic heterocycles. The monoisotopic (exact) mass is 157 g/mol. The second-order valence-electron chi connectivity index (χ2n) is 2.96. The van der Waals surface area contributed by atoms with Gasteiger partial charge in [0.2, 0.25) is 0 Å². The minimum absolute atomic E-state index is 0.605. The van der Waals surface area contributed by atoms with Crippen molar-refractivity contribution in [2.45, 2.75) is 25.9 Å². The molecule has 0 bridgehead atoms. The van der Waals surface area contributed by atoms with E-state index in [1.807, 2.05) is 0 Å². The Morgan fingerprint density at radius 1 is 1.70 bits per heavy atom. The maximum atomic E-state index is 9.37. The maximum Gasteiger partial charge on any atom is 0.0794 e. The molecule has 0 saturated carbocycles. The molecule has 2 nitrogen and oxygen atoms in total. The molecule has 0 aliphatic rings. The zero-order valence-corrected chi connectivity index (χ0v) is 6.98. The third-order valence-electron chi connectivity index (χ3n) is 1.09. The molecule has 1 N–H and O–H groups in total. The summed E-state index contributed by atoms with van der Waals surface area (Å²) in [4.78, 5) is 5.05. The van der Waals surface area contributed by atoms with Gasteiger partial charge in [-0.2, -0.15) is 0 Å². The Balaban J connectivity index is 2.57. The Bertz CT molecular complexity index is 188. The molecular formula is C7H11NOS. The molecule has 0 atom stereocenters. The van der Waals surface area contributed by atoms with Gasteiger partial charge in [-0.25, -0.2) is 0 Å². The zero-order valence-electron chi connectivity index (χ0n) is 6.16. The van der Waals surface area contributed by atoms with Gasteiger partial charge in [0, 0.05) is 17.5 Å². The first-order chi connectivity index (χ1) is 4.58. The number of hydrogen-bond donors (Lipinski definition) is 1. The zero-order chi connectivity index (χ0) is 7.61. The second-order valence-corrected chi connectivity index (χ2v) is 3.93. The van der Waals surface area contributed by atoms with E-state index in [4.69, 9.17) is 0 Å².